The summed E-state index contributed by atoms with van der Waals surface area (Å²) in [4.78, 5) is 0. The van der Waals surface area contributed by atoms with Crippen LogP contribution in [0.25, 0.3) is 5.57 Å². The first-order valence-electron chi connectivity index (χ1n) is 10.7. The van der Waals surface area contributed by atoms with Gasteiger partial charge in [0.05, 0.1) is 0 Å². The maximum absolute atomic E-state index is 4.35. The van der Waals surface area contributed by atoms with E-state index in [0.29, 0.717) is 0 Å². The number of rotatable bonds is 8. The Bertz CT molecular complexity index is 760. The van der Waals surface area contributed by atoms with E-state index in [1.165, 1.54) is 47.8 Å². The Hall–Kier alpha value is -1.64. The first-order valence-corrected chi connectivity index (χ1v) is 13.9. The quantitative estimate of drug-likeness (QED) is 0.431. The molecule has 0 aliphatic heterocycles. The minimum atomic E-state index is -1.31. The fourth-order valence-electron chi connectivity index (χ4n) is 3.90. The van der Waals surface area contributed by atoms with Gasteiger partial charge < -0.3 is 4.57 Å². The second kappa shape index (κ2) is 9.24. The van der Waals surface area contributed by atoms with Crippen molar-refractivity contribution in [2.24, 2.45) is 0 Å². The van der Waals surface area contributed by atoms with Crippen LogP contribution < -0.4 is 0 Å². The Morgan fingerprint density at radius 1 is 0.857 bits per heavy atom. The van der Waals surface area contributed by atoms with Crippen LogP contribution in [0.3, 0.4) is 0 Å². The second-order valence-corrected chi connectivity index (χ2v) is 14.2. The van der Waals surface area contributed by atoms with Crippen molar-refractivity contribution in [3.8, 4) is 0 Å². The van der Waals surface area contributed by atoms with Gasteiger partial charge in [0.15, 0.2) is 0 Å². The van der Waals surface area contributed by atoms with Crippen LogP contribution >= 0.6 is 0 Å². The first kappa shape index (κ1) is 22.6. The van der Waals surface area contributed by atoms with E-state index < -0.39 is 8.24 Å². The van der Waals surface area contributed by atoms with E-state index in [-0.39, 0.29) is 5.41 Å². The molecular weight excluding hydrogens is 354 g/mol. The van der Waals surface area contributed by atoms with E-state index in [2.05, 4.69) is 107 Å². The number of aryl methyl sites for hydroxylation is 1. The van der Waals surface area contributed by atoms with Gasteiger partial charge in [-0.15, -0.1) is 0 Å². The molecule has 2 aromatic carbocycles. The molecule has 152 valence electrons. The molecule has 2 rings (SSSR count). The van der Waals surface area contributed by atoms with Gasteiger partial charge >= 0.3 is 0 Å². The van der Waals surface area contributed by atoms with Gasteiger partial charge in [0, 0.05) is 0 Å². The molecule has 0 radical (unpaired) electrons. The predicted octanol–water partition coefficient (Wildman–Crippen LogP) is 7.14. The van der Waals surface area contributed by atoms with E-state index in [9.17, 15) is 0 Å². The summed E-state index contributed by atoms with van der Waals surface area (Å²) in [6.07, 6.45) is 1.17. The zero-order chi connectivity index (χ0) is 20.9. The van der Waals surface area contributed by atoms with Crippen LogP contribution in [0.2, 0.25) is 19.1 Å². The Balaban J connectivity index is 2.05. The molecule has 1 nitrogen and oxygen atoms in total. The molecule has 0 unspecified atom stereocenters. The lowest BCUT2D eigenvalue weighted by atomic mass is 9.86. The number of benzene rings is 2. The van der Waals surface area contributed by atoms with Crippen molar-refractivity contribution >= 4 is 13.8 Å². The summed E-state index contributed by atoms with van der Waals surface area (Å²) in [6.45, 7) is 23.0. The number of nitrogens with zero attached hydrogens (tertiary/aromatic N) is 1. The van der Waals surface area contributed by atoms with Gasteiger partial charge in [0.1, 0.15) is 8.24 Å². The van der Waals surface area contributed by atoms with E-state index in [0.717, 1.165) is 5.57 Å². The monoisotopic (exact) mass is 393 g/mol. The van der Waals surface area contributed by atoms with Gasteiger partial charge in [-0.2, -0.15) is 0 Å². The number of hydrogen-bond donors (Lipinski definition) is 0. The fourth-order valence-corrected chi connectivity index (χ4v) is 6.83. The van der Waals surface area contributed by atoms with Crippen molar-refractivity contribution in [2.45, 2.75) is 65.6 Å². The maximum Gasteiger partial charge on any atom is 0.122 e. The van der Waals surface area contributed by atoms with E-state index in [1.54, 1.807) is 0 Å². The van der Waals surface area contributed by atoms with Crippen LogP contribution in [0.1, 0.15) is 56.9 Å². The molecule has 2 heteroatoms. The molecule has 0 heterocycles. The molecule has 0 atom stereocenters. The Labute approximate surface area is 174 Å². The average molecular weight is 394 g/mol. The highest BCUT2D eigenvalue weighted by atomic mass is 28.3. The topological polar surface area (TPSA) is 3.24 Å². The predicted molar refractivity (Wildman–Crippen MR) is 129 cm³/mol. The minimum absolute atomic E-state index is 0.184. The molecule has 0 fully saturated rings. The van der Waals surface area contributed by atoms with Crippen LogP contribution in [0, 0.1) is 0 Å². The molecule has 2 aromatic rings. The highest BCUT2D eigenvalue weighted by Crippen LogP contribution is 2.27. The van der Waals surface area contributed by atoms with E-state index in [4.69, 9.17) is 0 Å². The van der Waals surface area contributed by atoms with Gasteiger partial charge in [-0.3, -0.25) is 0 Å². The van der Waals surface area contributed by atoms with Gasteiger partial charge in [0.25, 0.3) is 0 Å². The summed E-state index contributed by atoms with van der Waals surface area (Å²) < 4.78 is 2.68. The zero-order valence-corrected chi connectivity index (χ0v) is 20.1. The number of hydrogen-bond acceptors (Lipinski definition) is 1. The molecule has 0 saturated carbocycles. The molecule has 0 aliphatic carbocycles. The molecule has 0 bridgehead atoms. The molecular formula is C26H39NSi. The zero-order valence-electron chi connectivity index (χ0n) is 19.1. The van der Waals surface area contributed by atoms with Crippen LogP contribution in [0.4, 0.5) is 0 Å². The lowest BCUT2D eigenvalue weighted by Crippen LogP contribution is -2.48. The minimum Gasteiger partial charge on any atom is -0.324 e. The van der Waals surface area contributed by atoms with Gasteiger partial charge in [-0.05, 0) is 58.8 Å². The fraction of sp³-hybridized carbons (Fsp3) is 0.462. The van der Waals surface area contributed by atoms with E-state index >= 15 is 0 Å². The third-order valence-electron chi connectivity index (χ3n) is 6.05. The van der Waals surface area contributed by atoms with Crippen molar-refractivity contribution in [1.29, 1.82) is 0 Å². The van der Waals surface area contributed by atoms with Crippen molar-refractivity contribution < 1.29 is 0 Å². The maximum atomic E-state index is 4.35. The van der Waals surface area contributed by atoms with Gasteiger partial charge in [-0.25, -0.2) is 0 Å². The highest BCUT2D eigenvalue weighted by Gasteiger charge is 2.26. The summed E-state index contributed by atoms with van der Waals surface area (Å²) in [7, 11) is -1.31. The lowest BCUT2D eigenvalue weighted by molar-refractivity contribution is 0.464. The molecule has 0 aliphatic rings. The summed E-state index contributed by atoms with van der Waals surface area (Å²) in [6, 6.07) is 19.2. The van der Waals surface area contributed by atoms with Gasteiger partial charge in [0.2, 0.25) is 0 Å². The smallest absolute Gasteiger partial charge is 0.122 e. The highest BCUT2D eigenvalue weighted by molar-refractivity contribution is 6.74. The summed E-state index contributed by atoms with van der Waals surface area (Å²) >= 11 is 0. The van der Waals surface area contributed by atoms with Crippen molar-refractivity contribution in [2.75, 3.05) is 13.1 Å². The Kier molecular flexibility index (Phi) is 7.47. The van der Waals surface area contributed by atoms with Crippen LogP contribution in [0.5, 0.6) is 0 Å². The summed E-state index contributed by atoms with van der Waals surface area (Å²) in [5, 5.41) is 0. The third-order valence-corrected chi connectivity index (χ3v) is 9.86. The van der Waals surface area contributed by atoms with Crippen molar-refractivity contribution in [3.05, 3.63) is 77.4 Å². The first-order chi connectivity index (χ1) is 13.1. The van der Waals surface area contributed by atoms with Crippen LogP contribution in [0.15, 0.2) is 55.1 Å². The molecule has 0 spiro atoms. The summed E-state index contributed by atoms with van der Waals surface area (Å²) in [5.74, 6) is 0. The average Bonchev–Trinajstić information content (AvgIpc) is 2.66. The SMILES string of the molecule is C=C(c1ccc(CC[Si](C)(C)N(CC)CC)cc1)c1ccc(C(C)(C)C)cc1. The Morgan fingerprint density at radius 3 is 1.75 bits per heavy atom. The summed E-state index contributed by atoms with van der Waals surface area (Å²) in [5.41, 5.74) is 6.50. The second-order valence-electron chi connectivity index (χ2n) is 9.49. The lowest BCUT2D eigenvalue weighted by Gasteiger charge is -2.35. The standard InChI is InChI=1S/C26H39NSi/c1-9-27(10-2)28(7,8)20-19-22-11-13-23(14-12-22)21(3)24-15-17-25(18-16-24)26(4,5)6/h11-18H,3,9-10,19-20H2,1-2,4-8H3. The molecule has 0 N–H and O–H groups in total. The van der Waals surface area contributed by atoms with Crippen molar-refractivity contribution in [1.82, 2.24) is 4.57 Å². The normalized spacial score (nSPS) is 12.4. The third kappa shape index (κ3) is 5.68. The Morgan fingerprint density at radius 2 is 1.32 bits per heavy atom. The van der Waals surface area contributed by atoms with Crippen molar-refractivity contribution in [3.63, 3.8) is 0 Å². The molecule has 0 amide bonds. The van der Waals surface area contributed by atoms with Crippen LogP contribution in [-0.2, 0) is 11.8 Å². The van der Waals surface area contributed by atoms with Crippen LogP contribution in [-0.4, -0.2) is 25.9 Å². The van der Waals surface area contributed by atoms with E-state index in [1.807, 2.05) is 0 Å². The largest absolute Gasteiger partial charge is 0.324 e. The molecule has 0 saturated heterocycles. The van der Waals surface area contributed by atoms with Gasteiger partial charge in [-0.1, -0.05) is 103 Å². The molecule has 0 aromatic heterocycles. The molecule has 28 heavy (non-hydrogen) atoms.